The molecule has 6 nitrogen and oxygen atoms in total. The van der Waals surface area contributed by atoms with Crippen molar-refractivity contribution in [2.24, 2.45) is 0 Å². The molecule has 2 aromatic carbocycles. The fourth-order valence-electron chi connectivity index (χ4n) is 3.54. The van der Waals surface area contributed by atoms with Crippen molar-refractivity contribution in [2.75, 3.05) is 11.9 Å². The zero-order valence-corrected chi connectivity index (χ0v) is 18.6. The summed E-state index contributed by atoms with van der Waals surface area (Å²) >= 11 is 1.65. The Morgan fingerprint density at radius 2 is 1.84 bits per heavy atom. The number of rotatable bonds is 5. The van der Waals surface area contributed by atoms with Crippen LogP contribution in [-0.2, 0) is 4.74 Å². The highest BCUT2D eigenvalue weighted by Crippen LogP contribution is 2.31. The number of carbonyl (C=O) groups excluding carboxylic acids is 2. The van der Waals surface area contributed by atoms with E-state index in [4.69, 9.17) is 9.72 Å². The molecule has 2 heterocycles. The molecule has 2 N–H and O–H groups in total. The van der Waals surface area contributed by atoms with Crippen LogP contribution in [0.25, 0.3) is 20.8 Å². The molecule has 4 aromatic rings. The number of thiazole rings is 1. The molecule has 0 atom stereocenters. The minimum atomic E-state index is -0.461. The standard InChI is InChI=1S/C24H23N3O3S/c1-5-30-24(29)21-14(3)20(15(4)25-21)22(28)26-17-9-7-16(8-10-17)23-27-18-11-6-13(2)12-19(18)31-23/h6-12,25H,5H2,1-4H3,(H,26,28). The van der Waals surface area contributed by atoms with Crippen molar-refractivity contribution in [3.63, 3.8) is 0 Å². The first-order chi connectivity index (χ1) is 14.9. The molecule has 4 rings (SSSR count). The van der Waals surface area contributed by atoms with Gasteiger partial charge in [0, 0.05) is 16.9 Å². The van der Waals surface area contributed by atoms with Gasteiger partial charge in [0.05, 0.1) is 22.4 Å². The van der Waals surface area contributed by atoms with E-state index in [1.165, 1.54) is 5.56 Å². The van der Waals surface area contributed by atoms with Crippen LogP contribution >= 0.6 is 11.3 Å². The molecule has 0 fully saturated rings. The van der Waals surface area contributed by atoms with Crippen molar-refractivity contribution in [3.8, 4) is 10.6 Å². The van der Waals surface area contributed by atoms with Crippen LogP contribution in [0.3, 0.4) is 0 Å². The Bertz CT molecular complexity index is 1290. The molecule has 158 valence electrons. The van der Waals surface area contributed by atoms with Crippen molar-refractivity contribution in [2.45, 2.75) is 27.7 Å². The van der Waals surface area contributed by atoms with Crippen LogP contribution in [0.1, 0.15) is 44.6 Å². The summed E-state index contributed by atoms with van der Waals surface area (Å²) in [5.41, 5.74) is 5.83. The number of fused-ring (bicyclic) bond motifs is 1. The smallest absolute Gasteiger partial charge is 0.355 e. The highest BCUT2D eigenvalue weighted by molar-refractivity contribution is 7.21. The van der Waals surface area contributed by atoms with Crippen molar-refractivity contribution in [3.05, 3.63) is 70.5 Å². The molecule has 0 spiro atoms. The zero-order valence-electron chi connectivity index (χ0n) is 17.8. The molecule has 2 aromatic heterocycles. The number of ether oxygens (including phenoxy) is 1. The lowest BCUT2D eigenvalue weighted by Gasteiger charge is -2.07. The lowest BCUT2D eigenvalue weighted by atomic mass is 10.1. The van der Waals surface area contributed by atoms with E-state index in [-0.39, 0.29) is 12.5 Å². The Hall–Kier alpha value is -3.45. The summed E-state index contributed by atoms with van der Waals surface area (Å²) in [4.78, 5) is 32.6. The van der Waals surface area contributed by atoms with Crippen LogP contribution in [0.4, 0.5) is 5.69 Å². The molecule has 0 aliphatic carbocycles. The van der Waals surface area contributed by atoms with Gasteiger partial charge in [0.1, 0.15) is 10.7 Å². The third-order valence-electron chi connectivity index (χ3n) is 5.08. The van der Waals surface area contributed by atoms with Gasteiger partial charge in [-0.1, -0.05) is 6.07 Å². The molecular weight excluding hydrogens is 410 g/mol. The minimum absolute atomic E-state index is 0.273. The zero-order chi connectivity index (χ0) is 22.1. The van der Waals surface area contributed by atoms with Crippen LogP contribution in [0.2, 0.25) is 0 Å². The average Bonchev–Trinajstić information content (AvgIpc) is 3.28. The second-order valence-electron chi connectivity index (χ2n) is 7.37. The predicted octanol–water partition coefficient (Wildman–Crippen LogP) is 5.65. The first-order valence-corrected chi connectivity index (χ1v) is 10.8. The quantitative estimate of drug-likeness (QED) is 0.399. The van der Waals surface area contributed by atoms with Gasteiger partial charge in [0.2, 0.25) is 0 Å². The van der Waals surface area contributed by atoms with Crippen LogP contribution in [0.15, 0.2) is 42.5 Å². The molecule has 0 aliphatic rings. The molecule has 7 heteroatoms. The van der Waals surface area contributed by atoms with E-state index in [0.717, 1.165) is 20.8 Å². The highest BCUT2D eigenvalue weighted by Gasteiger charge is 2.22. The van der Waals surface area contributed by atoms with E-state index in [1.807, 2.05) is 30.3 Å². The van der Waals surface area contributed by atoms with Gasteiger partial charge in [-0.05, 0) is 75.2 Å². The van der Waals surface area contributed by atoms with E-state index in [2.05, 4.69) is 29.4 Å². The van der Waals surface area contributed by atoms with Gasteiger partial charge in [0.15, 0.2) is 0 Å². The van der Waals surface area contributed by atoms with E-state index < -0.39 is 5.97 Å². The summed E-state index contributed by atoms with van der Waals surface area (Å²) < 4.78 is 6.21. The number of aromatic amines is 1. The number of esters is 1. The number of amides is 1. The number of hydrogen-bond donors (Lipinski definition) is 2. The van der Waals surface area contributed by atoms with Crippen molar-refractivity contribution in [1.82, 2.24) is 9.97 Å². The largest absolute Gasteiger partial charge is 0.461 e. The summed E-state index contributed by atoms with van der Waals surface area (Å²) in [5.74, 6) is -0.734. The van der Waals surface area contributed by atoms with Gasteiger partial charge >= 0.3 is 5.97 Å². The molecule has 0 saturated carbocycles. The second kappa shape index (κ2) is 8.35. The molecule has 0 radical (unpaired) electrons. The summed E-state index contributed by atoms with van der Waals surface area (Å²) in [6.45, 7) is 7.60. The molecule has 1 amide bonds. The maximum atomic E-state index is 12.9. The summed E-state index contributed by atoms with van der Waals surface area (Å²) in [7, 11) is 0. The normalized spacial score (nSPS) is 11.0. The lowest BCUT2D eigenvalue weighted by Crippen LogP contribution is -2.14. The van der Waals surface area contributed by atoms with Crippen LogP contribution < -0.4 is 5.32 Å². The first kappa shape index (κ1) is 20.8. The average molecular weight is 434 g/mol. The van der Waals surface area contributed by atoms with Gasteiger partial charge in [-0.3, -0.25) is 4.79 Å². The maximum Gasteiger partial charge on any atom is 0.355 e. The van der Waals surface area contributed by atoms with E-state index in [1.54, 1.807) is 32.1 Å². The first-order valence-electron chi connectivity index (χ1n) is 10.0. The summed E-state index contributed by atoms with van der Waals surface area (Å²) in [6.07, 6.45) is 0. The molecule has 0 saturated heterocycles. The van der Waals surface area contributed by atoms with Gasteiger partial charge in [-0.15, -0.1) is 11.3 Å². The Labute approximate surface area is 184 Å². The monoisotopic (exact) mass is 433 g/mol. The Morgan fingerprint density at radius 3 is 2.55 bits per heavy atom. The summed E-state index contributed by atoms with van der Waals surface area (Å²) in [6, 6.07) is 13.8. The van der Waals surface area contributed by atoms with Gasteiger partial charge in [-0.25, -0.2) is 9.78 Å². The fraction of sp³-hybridized carbons (Fsp3) is 0.208. The van der Waals surface area contributed by atoms with Crippen molar-refractivity contribution in [1.29, 1.82) is 0 Å². The van der Waals surface area contributed by atoms with Gasteiger partial charge < -0.3 is 15.0 Å². The molecule has 31 heavy (non-hydrogen) atoms. The van der Waals surface area contributed by atoms with Crippen LogP contribution in [-0.4, -0.2) is 28.5 Å². The molecule has 0 bridgehead atoms. The van der Waals surface area contributed by atoms with Gasteiger partial charge in [-0.2, -0.15) is 0 Å². The topological polar surface area (TPSA) is 84.1 Å². The summed E-state index contributed by atoms with van der Waals surface area (Å²) in [5, 5.41) is 3.85. The maximum absolute atomic E-state index is 12.9. The highest BCUT2D eigenvalue weighted by atomic mass is 32.1. The molecular formula is C24H23N3O3S. The predicted molar refractivity (Wildman–Crippen MR) is 124 cm³/mol. The van der Waals surface area contributed by atoms with Crippen molar-refractivity contribution < 1.29 is 14.3 Å². The number of anilines is 1. The van der Waals surface area contributed by atoms with Gasteiger partial charge in [0.25, 0.3) is 5.91 Å². The number of carbonyl (C=O) groups is 2. The lowest BCUT2D eigenvalue weighted by molar-refractivity contribution is 0.0519. The molecule has 0 aliphatic heterocycles. The van der Waals surface area contributed by atoms with E-state index in [0.29, 0.717) is 28.2 Å². The second-order valence-corrected chi connectivity index (χ2v) is 8.40. The number of aromatic nitrogens is 2. The number of nitrogens with one attached hydrogen (secondary N) is 2. The Kier molecular flexibility index (Phi) is 5.61. The van der Waals surface area contributed by atoms with Crippen molar-refractivity contribution >= 4 is 39.1 Å². The number of benzene rings is 2. The van der Waals surface area contributed by atoms with E-state index in [9.17, 15) is 9.59 Å². The van der Waals surface area contributed by atoms with Crippen LogP contribution in [0.5, 0.6) is 0 Å². The van der Waals surface area contributed by atoms with Crippen LogP contribution in [0, 0.1) is 20.8 Å². The Balaban J connectivity index is 1.54. The fourth-order valence-corrected chi connectivity index (χ4v) is 4.61. The third kappa shape index (κ3) is 4.09. The number of aryl methyl sites for hydroxylation is 2. The number of hydrogen-bond acceptors (Lipinski definition) is 5. The minimum Gasteiger partial charge on any atom is -0.461 e. The molecule has 0 unspecified atom stereocenters. The number of nitrogens with zero attached hydrogens (tertiary/aromatic N) is 1. The SMILES string of the molecule is CCOC(=O)c1[nH]c(C)c(C(=O)Nc2ccc(-c3nc4ccc(C)cc4s3)cc2)c1C. The Morgan fingerprint density at radius 1 is 1.10 bits per heavy atom. The third-order valence-corrected chi connectivity index (χ3v) is 6.15. The van der Waals surface area contributed by atoms with E-state index >= 15 is 0 Å². The number of H-pyrrole nitrogens is 1.